The van der Waals surface area contributed by atoms with Crippen LogP contribution in [0.2, 0.25) is 0 Å². The first-order valence-electron chi connectivity index (χ1n) is 8.76. The fourth-order valence-electron chi connectivity index (χ4n) is 4.56. The fourth-order valence-corrected chi connectivity index (χ4v) is 4.56. The highest BCUT2D eigenvalue weighted by atomic mass is 16.3. The number of aliphatic hydroxyl groups is 2. The summed E-state index contributed by atoms with van der Waals surface area (Å²) in [7, 11) is 0. The average molecular weight is 294 g/mol. The second-order valence-electron chi connectivity index (χ2n) is 8.53. The Hall–Kier alpha value is -0.340. The first kappa shape index (κ1) is 17.0. The van der Waals surface area contributed by atoms with Crippen molar-refractivity contribution < 1.29 is 10.2 Å². The van der Waals surface area contributed by atoms with E-state index in [1.807, 2.05) is 13.8 Å². The van der Waals surface area contributed by atoms with Gasteiger partial charge in [-0.15, -0.1) is 0 Å². The zero-order valence-corrected chi connectivity index (χ0v) is 14.4. The Kier molecular flexibility index (Phi) is 4.90. The maximum absolute atomic E-state index is 10.8. The van der Waals surface area contributed by atoms with Crippen LogP contribution < -0.4 is 0 Å². The van der Waals surface area contributed by atoms with Crippen LogP contribution >= 0.6 is 0 Å². The van der Waals surface area contributed by atoms with Crippen LogP contribution in [-0.4, -0.2) is 21.4 Å². The first-order chi connectivity index (χ1) is 9.63. The molecule has 2 aliphatic rings. The third-order valence-electron chi connectivity index (χ3n) is 6.20. The van der Waals surface area contributed by atoms with Gasteiger partial charge in [-0.2, -0.15) is 0 Å². The minimum atomic E-state index is -0.627. The first-order valence-corrected chi connectivity index (χ1v) is 8.76. The molecule has 2 rings (SSSR count). The molecule has 0 heterocycles. The minimum Gasteiger partial charge on any atom is -0.390 e. The Labute approximate surface area is 130 Å². The Balaban J connectivity index is 2.11. The molecule has 2 fully saturated rings. The molecule has 2 N–H and O–H groups in total. The second-order valence-corrected chi connectivity index (χ2v) is 8.53. The van der Waals surface area contributed by atoms with Crippen molar-refractivity contribution in [2.24, 2.45) is 23.7 Å². The van der Waals surface area contributed by atoms with Gasteiger partial charge in [-0.1, -0.05) is 26.0 Å². The number of rotatable bonds is 4. The van der Waals surface area contributed by atoms with E-state index in [9.17, 15) is 10.2 Å². The van der Waals surface area contributed by atoms with Crippen LogP contribution in [0.5, 0.6) is 0 Å². The van der Waals surface area contributed by atoms with E-state index in [4.69, 9.17) is 0 Å². The highest BCUT2D eigenvalue weighted by molar-refractivity contribution is 5.09. The van der Waals surface area contributed by atoms with E-state index in [0.717, 1.165) is 38.5 Å². The van der Waals surface area contributed by atoms with E-state index < -0.39 is 11.2 Å². The van der Waals surface area contributed by atoms with Gasteiger partial charge in [-0.25, -0.2) is 0 Å². The molecule has 0 aromatic rings. The van der Waals surface area contributed by atoms with Gasteiger partial charge in [0.15, 0.2) is 0 Å². The third-order valence-corrected chi connectivity index (χ3v) is 6.20. The van der Waals surface area contributed by atoms with Crippen molar-refractivity contribution in [2.45, 2.75) is 83.8 Å². The number of fused-ring (bicyclic) bond motifs is 1. The van der Waals surface area contributed by atoms with Crippen molar-refractivity contribution in [3.63, 3.8) is 0 Å². The largest absolute Gasteiger partial charge is 0.390 e. The zero-order valence-electron chi connectivity index (χ0n) is 14.4. The van der Waals surface area contributed by atoms with Gasteiger partial charge in [-0.05, 0) is 82.5 Å². The lowest BCUT2D eigenvalue weighted by molar-refractivity contribution is -0.0539. The van der Waals surface area contributed by atoms with Gasteiger partial charge < -0.3 is 10.2 Å². The van der Waals surface area contributed by atoms with Crippen LogP contribution in [0.1, 0.15) is 72.6 Å². The molecular formula is C19H34O2. The molecule has 0 amide bonds. The maximum Gasteiger partial charge on any atom is 0.0651 e. The van der Waals surface area contributed by atoms with Gasteiger partial charge in [-0.3, -0.25) is 0 Å². The molecule has 0 spiro atoms. The van der Waals surface area contributed by atoms with Crippen LogP contribution in [-0.2, 0) is 0 Å². The Morgan fingerprint density at radius 3 is 2.29 bits per heavy atom. The van der Waals surface area contributed by atoms with Crippen LogP contribution in [0.15, 0.2) is 12.2 Å². The van der Waals surface area contributed by atoms with Gasteiger partial charge in [0, 0.05) is 0 Å². The molecule has 0 bridgehead atoms. The predicted octanol–water partition coefficient (Wildman–Crippen LogP) is 4.31. The highest BCUT2D eigenvalue weighted by Gasteiger charge is 2.52. The summed E-state index contributed by atoms with van der Waals surface area (Å²) in [5.41, 5.74) is 0.0937. The van der Waals surface area contributed by atoms with Crippen molar-refractivity contribution in [1.82, 2.24) is 0 Å². The lowest BCUT2D eigenvalue weighted by Crippen LogP contribution is -2.40. The van der Waals surface area contributed by atoms with Crippen molar-refractivity contribution in [2.75, 3.05) is 0 Å². The van der Waals surface area contributed by atoms with Crippen LogP contribution in [0.3, 0.4) is 0 Å². The summed E-state index contributed by atoms with van der Waals surface area (Å²) in [5, 5.41) is 21.6. The molecule has 0 radical (unpaired) electrons. The molecule has 122 valence electrons. The topological polar surface area (TPSA) is 40.5 Å². The van der Waals surface area contributed by atoms with Crippen molar-refractivity contribution >= 4 is 0 Å². The summed E-state index contributed by atoms with van der Waals surface area (Å²) in [5.74, 6) is 1.64. The van der Waals surface area contributed by atoms with Gasteiger partial charge in [0.05, 0.1) is 11.2 Å². The molecule has 0 aliphatic heterocycles. The van der Waals surface area contributed by atoms with Crippen LogP contribution in [0, 0.1) is 23.7 Å². The second kappa shape index (κ2) is 6.04. The maximum atomic E-state index is 10.8. The molecular weight excluding hydrogens is 260 g/mol. The van der Waals surface area contributed by atoms with Gasteiger partial charge in [0.2, 0.25) is 0 Å². The van der Waals surface area contributed by atoms with Crippen molar-refractivity contribution in [3.05, 3.63) is 12.2 Å². The lowest BCUT2D eigenvalue weighted by Gasteiger charge is -2.35. The number of hydrogen-bond donors (Lipinski definition) is 2. The Morgan fingerprint density at radius 1 is 1.10 bits per heavy atom. The lowest BCUT2D eigenvalue weighted by atomic mass is 9.75. The summed E-state index contributed by atoms with van der Waals surface area (Å²) < 4.78 is 0. The van der Waals surface area contributed by atoms with Crippen LogP contribution in [0.4, 0.5) is 0 Å². The Bertz CT molecular complexity index is 381. The normalized spacial score (nSPS) is 43.7. The van der Waals surface area contributed by atoms with E-state index in [1.165, 1.54) is 12.0 Å². The summed E-state index contributed by atoms with van der Waals surface area (Å²) >= 11 is 0. The molecule has 5 atom stereocenters. The van der Waals surface area contributed by atoms with E-state index in [-0.39, 0.29) is 11.8 Å². The summed E-state index contributed by atoms with van der Waals surface area (Å²) in [4.78, 5) is 0. The SMILES string of the molecule is C=C(CCC(C)C)C1CCC(C)(O)C2CCC(C)(O)C2C1. The third kappa shape index (κ3) is 3.71. The van der Waals surface area contributed by atoms with Gasteiger partial charge in [0.25, 0.3) is 0 Å². The van der Waals surface area contributed by atoms with E-state index in [1.54, 1.807) is 0 Å². The molecule has 2 nitrogen and oxygen atoms in total. The summed E-state index contributed by atoms with van der Waals surface area (Å²) in [6.07, 6.45) is 6.92. The van der Waals surface area contributed by atoms with Crippen molar-refractivity contribution in [3.8, 4) is 0 Å². The van der Waals surface area contributed by atoms with Gasteiger partial charge in [0.1, 0.15) is 0 Å². The zero-order chi connectivity index (χ0) is 15.8. The standard InChI is InChI=1S/C19H34O2/c1-13(2)6-7-14(3)15-8-10-18(4,20)16-9-11-19(5,21)17(16)12-15/h13,15-17,20-21H,3,6-12H2,1-2,4-5H3. The molecule has 5 unspecified atom stereocenters. The van der Waals surface area contributed by atoms with Crippen molar-refractivity contribution in [1.29, 1.82) is 0 Å². The monoisotopic (exact) mass is 294 g/mol. The summed E-state index contributed by atoms with van der Waals surface area (Å²) in [6.45, 7) is 12.8. The predicted molar refractivity (Wildman–Crippen MR) is 88.0 cm³/mol. The summed E-state index contributed by atoms with van der Waals surface area (Å²) in [6, 6.07) is 0. The van der Waals surface area contributed by atoms with E-state index >= 15 is 0 Å². The molecule has 0 aromatic carbocycles. The van der Waals surface area contributed by atoms with Crippen LogP contribution in [0.25, 0.3) is 0 Å². The fraction of sp³-hybridized carbons (Fsp3) is 0.895. The van der Waals surface area contributed by atoms with E-state index in [2.05, 4.69) is 20.4 Å². The molecule has 2 saturated carbocycles. The minimum absolute atomic E-state index is 0.218. The average Bonchev–Trinajstić information content (AvgIpc) is 2.58. The highest BCUT2D eigenvalue weighted by Crippen LogP contribution is 2.53. The quantitative estimate of drug-likeness (QED) is 0.759. The molecule has 2 heteroatoms. The smallest absolute Gasteiger partial charge is 0.0651 e. The molecule has 21 heavy (non-hydrogen) atoms. The molecule has 2 aliphatic carbocycles. The molecule has 0 aromatic heterocycles. The Morgan fingerprint density at radius 2 is 1.67 bits per heavy atom. The number of hydrogen-bond acceptors (Lipinski definition) is 2. The van der Waals surface area contributed by atoms with E-state index in [0.29, 0.717) is 11.8 Å². The van der Waals surface area contributed by atoms with Gasteiger partial charge >= 0.3 is 0 Å². The molecule has 0 saturated heterocycles. The number of allylic oxidation sites excluding steroid dienone is 1.